The highest BCUT2D eigenvalue weighted by Gasteiger charge is 2.23. The monoisotopic (exact) mass is 353 g/mol. The Morgan fingerprint density at radius 2 is 1.50 bits per heavy atom. The summed E-state index contributed by atoms with van der Waals surface area (Å²) in [5.41, 5.74) is 3.65. The molecule has 2 amide bonds. The van der Waals surface area contributed by atoms with E-state index in [0.29, 0.717) is 37.7 Å². The fourth-order valence-electron chi connectivity index (χ4n) is 3.03. The maximum Gasteiger partial charge on any atom is 0.257 e. The topological polar surface area (TPSA) is 78.4 Å². The van der Waals surface area contributed by atoms with E-state index >= 15 is 0 Å². The third-order valence-electron chi connectivity index (χ3n) is 4.63. The van der Waals surface area contributed by atoms with Crippen LogP contribution in [-0.2, 0) is 4.79 Å². The standard InChI is InChI=1S/C19H23N5O2/c1-13-5-4-6-14(2)17(13)22-19-20-11-16(12-21-19)18(26)24-9-7-23(8-10-24)15(3)25/h4-6,11-12H,7-10H2,1-3H3,(H,20,21,22). The molecule has 1 aromatic carbocycles. The van der Waals surface area contributed by atoms with Crippen LogP contribution in [0.1, 0.15) is 28.4 Å². The number of anilines is 2. The minimum absolute atomic E-state index is 0.0439. The quantitative estimate of drug-likeness (QED) is 0.915. The second-order valence-electron chi connectivity index (χ2n) is 6.49. The number of nitrogens with zero attached hydrogens (tertiary/aromatic N) is 4. The summed E-state index contributed by atoms with van der Waals surface area (Å²) in [6.45, 7) is 7.78. The summed E-state index contributed by atoms with van der Waals surface area (Å²) in [5.74, 6) is 0.398. The Labute approximate surface area is 153 Å². The lowest BCUT2D eigenvalue weighted by Gasteiger charge is -2.34. The molecule has 3 rings (SSSR count). The summed E-state index contributed by atoms with van der Waals surface area (Å²) in [5, 5.41) is 3.21. The number of amides is 2. The van der Waals surface area contributed by atoms with Crippen molar-refractivity contribution in [1.82, 2.24) is 19.8 Å². The molecular weight excluding hydrogens is 330 g/mol. The van der Waals surface area contributed by atoms with Gasteiger partial charge in [0.25, 0.3) is 5.91 Å². The Morgan fingerprint density at radius 3 is 2.04 bits per heavy atom. The molecule has 0 aliphatic carbocycles. The first-order chi connectivity index (χ1) is 12.5. The second-order valence-corrected chi connectivity index (χ2v) is 6.49. The van der Waals surface area contributed by atoms with Crippen LogP contribution in [0.25, 0.3) is 0 Å². The molecule has 1 N–H and O–H groups in total. The Kier molecular flexibility index (Phi) is 5.16. The van der Waals surface area contributed by atoms with Crippen LogP contribution in [0.4, 0.5) is 11.6 Å². The molecule has 1 fully saturated rings. The van der Waals surface area contributed by atoms with Gasteiger partial charge >= 0.3 is 0 Å². The van der Waals surface area contributed by atoms with Gasteiger partial charge in [0.05, 0.1) is 5.56 Å². The molecule has 1 aliphatic heterocycles. The number of aromatic nitrogens is 2. The molecule has 136 valence electrons. The van der Waals surface area contributed by atoms with Crippen LogP contribution in [0.2, 0.25) is 0 Å². The van der Waals surface area contributed by atoms with Crippen molar-refractivity contribution in [2.24, 2.45) is 0 Å². The highest BCUT2D eigenvalue weighted by Crippen LogP contribution is 2.22. The average molecular weight is 353 g/mol. The zero-order chi connectivity index (χ0) is 18.7. The van der Waals surface area contributed by atoms with Crippen LogP contribution in [0.15, 0.2) is 30.6 Å². The van der Waals surface area contributed by atoms with Gasteiger partial charge in [0, 0.05) is 51.2 Å². The first kappa shape index (κ1) is 17.8. The fourth-order valence-corrected chi connectivity index (χ4v) is 3.03. The van der Waals surface area contributed by atoms with Gasteiger partial charge in [0.2, 0.25) is 11.9 Å². The number of rotatable bonds is 3. The molecule has 0 saturated carbocycles. The van der Waals surface area contributed by atoms with E-state index in [1.807, 2.05) is 32.0 Å². The van der Waals surface area contributed by atoms with E-state index in [1.165, 1.54) is 0 Å². The van der Waals surface area contributed by atoms with Crippen LogP contribution in [0.3, 0.4) is 0 Å². The van der Waals surface area contributed by atoms with Gasteiger partial charge in [0.1, 0.15) is 0 Å². The summed E-state index contributed by atoms with van der Waals surface area (Å²) < 4.78 is 0. The molecule has 7 nitrogen and oxygen atoms in total. The average Bonchev–Trinajstić information content (AvgIpc) is 2.65. The Bertz CT molecular complexity index is 791. The molecule has 0 unspecified atom stereocenters. The molecule has 7 heteroatoms. The number of aryl methyl sites for hydroxylation is 2. The number of carbonyl (C=O) groups excluding carboxylic acids is 2. The lowest BCUT2D eigenvalue weighted by atomic mass is 10.1. The lowest BCUT2D eigenvalue weighted by molar-refractivity contribution is -0.130. The maximum absolute atomic E-state index is 12.6. The van der Waals surface area contributed by atoms with Crippen molar-refractivity contribution in [3.05, 3.63) is 47.3 Å². The molecule has 0 radical (unpaired) electrons. The highest BCUT2D eigenvalue weighted by molar-refractivity contribution is 5.94. The lowest BCUT2D eigenvalue weighted by Crippen LogP contribution is -2.50. The van der Waals surface area contributed by atoms with E-state index in [0.717, 1.165) is 16.8 Å². The SMILES string of the molecule is CC(=O)N1CCN(C(=O)c2cnc(Nc3c(C)cccc3C)nc2)CC1. The van der Waals surface area contributed by atoms with E-state index in [2.05, 4.69) is 15.3 Å². The maximum atomic E-state index is 12.6. The predicted molar refractivity (Wildman–Crippen MR) is 99.4 cm³/mol. The number of benzene rings is 1. The molecule has 1 aliphatic rings. The summed E-state index contributed by atoms with van der Waals surface area (Å²) in [6, 6.07) is 6.05. The molecule has 2 heterocycles. The van der Waals surface area contributed by atoms with Gasteiger partial charge in [-0.3, -0.25) is 9.59 Å². The normalized spacial score (nSPS) is 14.3. The van der Waals surface area contributed by atoms with Crippen LogP contribution in [-0.4, -0.2) is 57.8 Å². The number of piperazine rings is 1. The number of carbonyl (C=O) groups is 2. The molecule has 0 bridgehead atoms. The smallest absolute Gasteiger partial charge is 0.257 e. The molecule has 1 saturated heterocycles. The van der Waals surface area contributed by atoms with Gasteiger partial charge in [-0.25, -0.2) is 9.97 Å². The van der Waals surface area contributed by atoms with E-state index < -0.39 is 0 Å². The van der Waals surface area contributed by atoms with Crippen LogP contribution in [0.5, 0.6) is 0 Å². The molecule has 26 heavy (non-hydrogen) atoms. The second kappa shape index (κ2) is 7.51. The number of hydrogen-bond donors (Lipinski definition) is 1. The summed E-state index contributed by atoms with van der Waals surface area (Å²) in [7, 11) is 0. The van der Waals surface area contributed by atoms with Crippen molar-refractivity contribution in [1.29, 1.82) is 0 Å². The minimum Gasteiger partial charge on any atom is -0.339 e. The van der Waals surface area contributed by atoms with Crippen molar-refractivity contribution >= 4 is 23.5 Å². The predicted octanol–water partition coefficient (Wildman–Crippen LogP) is 2.14. The first-order valence-electron chi connectivity index (χ1n) is 8.66. The molecular formula is C19H23N5O2. The van der Waals surface area contributed by atoms with Crippen LogP contribution in [0, 0.1) is 13.8 Å². The third-order valence-corrected chi connectivity index (χ3v) is 4.63. The zero-order valence-corrected chi connectivity index (χ0v) is 15.3. The van der Waals surface area contributed by atoms with Crippen molar-refractivity contribution in [3.63, 3.8) is 0 Å². The molecule has 0 atom stereocenters. The highest BCUT2D eigenvalue weighted by atomic mass is 16.2. The van der Waals surface area contributed by atoms with E-state index in [-0.39, 0.29) is 11.8 Å². The zero-order valence-electron chi connectivity index (χ0n) is 15.3. The van der Waals surface area contributed by atoms with Crippen molar-refractivity contribution in [3.8, 4) is 0 Å². The number of para-hydroxylation sites is 1. The summed E-state index contributed by atoms with van der Waals surface area (Å²) >= 11 is 0. The van der Waals surface area contributed by atoms with Crippen molar-refractivity contribution in [2.45, 2.75) is 20.8 Å². The molecule has 0 spiro atoms. The van der Waals surface area contributed by atoms with Crippen LogP contribution >= 0.6 is 0 Å². The van der Waals surface area contributed by atoms with Gasteiger partial charge in [-0.2, -0.15) is 0 Å². The van der Waals surface area contributed by atoms with Gasteiger partial charge in [-0.15, -0.1) is 0 Å². The van der Waals surface area contributed by atoms with E-state index in [9.17, 15) is 9.59 Å². The van der Waals surface area contributed by atoms with Crippen molar-refractivity contribution in [2.75, 3.05) is 31.5 Å². The first-order valence-corrected chi connectivity index (χ1v) is 8.66. The van der Waals surface area contributed by atoms with E-state index in [1.54, 1.807) is 29.1 Å². The Hall–Kier alpha value is -2.96. The summed E-state index contributed by atoms with van der Waals surface area (Å²) in [6.07, 6.45) is 3.09. The molecule has 1 aromatic heterocycles. The Morgan fingerprint density at radius 1 is 0.962 bits per heavy atom. The van der Waals surface area contributed by atoms with Gasteiger partial charge in [0.15, 0.2) is 0 Å². The molecule has 2 aromatic rings. The number of nitrogens with one attached hydrogen (secondary N) is 1. The minimum atomic E-state index is -0.105. The van der Waals surface area contributed by atoms with Gasteiger partial charge in [-0.05, 0) is 25.0 Å². The summed E-state index contributed by atoms with van der Waals surface area (Å²) in [4.78, 5) is 36.0. The van der Waals surface area contributed by atoms with Gasteiger partial charge < -0.3 is 15.1 Å². The largest absolute Gasteiger partial charge is 0.339 e. The van der Waals surface area contributed by atoms with Crippen LogP contribution < -0.4 is 5.32 Å². The van der Waals surface area contributed by atoms with Crippen molar-refractivity contribution < 1.29 is 9.59 Å². The third kappa shape index (κ3) is 3.82. The van der Waals surface area contributed by atoms with Gasteiger partial charge in [-0.1, -0.05) is 18.2 Å². The number of hydrogen-bond acceptors (Lipinski definition) is 5. The Balaban J connectivity index is 1.66. The fraction of sp³-hybridized carbons (Fsp3) is 0.368. The van der Waals surface area contributed by atoms with E-state index in [4.69, 9.17) is 0 Å².